The summed E-state index contributed by atoms with van der Waals surface area (Å²) in [4.78, 5) is 15.0. The van der Waals surface area contributed by atoms with Crippen molar-refractivity contribution in [1.82, 2.24) is 9.47 Å². The summed E-state index contributed by atoms with van der Waals surface area (Å²) in [5.41, 5.74) is 3.07. The van der Waals surface area contributed by atoms with Crippen molar-refractivity contribution in [1.29, 1.82) is 0 Å². The second-order valence-electron chi connectivity index (χ2n) is 9.06. The van der Waals surface area contributed by atoms with Crippen molar-refractivity contribution in [3.8, 4) is 5.75 Å². The van der Waals surface area contributed by atoms with Gasteiger partial charge < -0.3 is 9.30 Å². The number of carbonyl (C=O) groups excluding carboxylic acids is 1. The summed E-state index contributed by atoms with van der Waals surface area (Å²) >= 11 is 3.72. The number of likely N-dealkylation sites (tertiary alicyclic amines) is 1. The lowest BCUT2D eigenvalue weighted by molar-refractivity contribution is -0.0173. The van der Waals surface area contributed by atoms with E-state index in [9.17, 15) is 4.79 Å². The fourth-order valence-corrected chi connectivity index (χ4v) is 5.80. The van der Waals surface area contributed by atoms with Gasteiger partial charge in [0.1, 0.15) is 17.4 Å². The maximum atomic E-state index is 12.5. The van der Waals surface area contributed by atoms with E-state index < -0.39 is 0 Å². The van der Waals surface area contributed by atoms with Gasteiger partial charge in [0.25, 0.3) is 0 Å². The normalized spacial score (nSPS) is 22.6. The molecule has 2 aromatic carbocycles. The number of carbonyl (C=O) groups is 1. The monoisotopic (exact) mass is 492 g/mol. The Labute approximate surface area is 198 Å². The van der Waals surface area contributed by atoms with Crippen LogP contribution in [-0.4, -0.2) is 40.5 Å². The molecular weight excluding hydrogens is 464 g/mol. The minimum absolute atomic E-state index is 0.152. The quantitative estimate of drug-likeness (QED) is 0.393. The molecule has 0 radical (unpaired) electrons. The maximum Gasteiger partial charge on any atom is 0.162 e. The molecule has 5 rings (SSSR count). The van der Waals surface area contributed by atoms with Gasteiger partial charge in [0, 0.05) is 41.0 Å². The van der Waals surface area contributed by atoms with Crippen LogP contribution in [0.1, 0.15) is 53.2 Å². The molecule has 4 nitrogen and oxygen atoms in total. The molecule has 2 aliphatic rings. The molecule has 2 unspecified atom stereocenters. The van der Waals surface area contributed by atoms with Crippen molar-refractivity contribution < 1.29 is 9.53 Å². The highest BCUT2D eigenvalue weighted by Crippen LogP contribution is 2.51. The van der Waals surface area contributed by atoms with Crippen molar-refractivity contribution in [3.05, 3.63) is 88.2 Å². The first-order chi connectivity index (χ1) is 15.6. The number of benzene rings is 2. The van der Waals surface area contributed by atoms with E-state index in [-0.39, 0.29) is 17.4 Å². The van der Waals surface area contributed by atoms with E-state index >= 15 is 0 Å². The van der Waals surface area contributed by atoms with Crippen LogP contribution in [0.15, 0.2) is 71.5 Å². The molecule has 0 aliphatic carbocycles. The van der Waals surface area contributed by atoms with Crippen molar-refractivity contribution >= 4 is 21.7 Å². The first kappa shape index (κ1) is 21.5. The molecule has 2 atom stereocenters. The average molecular weight is 493 g/mol. The van der Waals surface area contributed by atoms with Crippen LogP contribution in [0, 0.1) is 6.92 Å². The number of hydrogen-bond donors (Lipinski definition) is 0. The van der Waals surface area contributed by atoms with Crippen LogP contribution < -0.4 is 4.74 Å². The van der Waals surface area contributed by atoms with Gasteiger partial charge in [-0.25, -0.2) is 0 Å². The highest BCUT2D eigenvalue weighted by atomic mass is 79.9. The molecule has 1 spiro atoms. The van der Waals surface area contributed by atoms with E-state index in [0.717, 1.165) is 54.7 Å². The third-order valence-corrected chi connectivity index (χ3v) is 7.82. The van der Waals surface area contributed by atoms with Crippen molar-refractivity contribution in [3.63, 3.8) is 0 Å². The number of aromatic nitrogens is 1. The van der Waals surface area contributed by atoms with Crippen LogP contribution in [0.3, 0.4) is 0 Å². The number of rotatable bonds is 6. The Morgan fingerprint density at radius 3 is 2.69 bits per heavy atom. The largest absolute Gasteiger partial charge is 0.483 e. The second kappa shape index (κ2) is 8.87. The van der Waals surface area contributed by atoms with Gasteiger partial charge in [-0.15, -0.1) is 0 Å². The first-order valence-corrected chi connectivity index (χ1v) is 12.3. The zero-order valence-electron chi connectivity index (χ0n) is 18.5. The van der Waals surface area contributed by atoms with E-state index in [0.29, 0.717) is 6.42 Å². The van der Waals surface area contributed by atoms with E-state index in [1.807, 2.05) is 30.3 Å². The molecule has 32 heavy (non-hydrogen) atoms. The van der Waals surface area contributed by atoms with E-state index in [1.54, 1.807) is 0 Å². The minimum Gasteiger partial charge on any atom is -0.483 e. The Hall–Kier alpha value is -2.37. The Kier molecular flexibility index (Phi) is 5.95. The SMILES string of the molecule is Cc1c(Br)ccc2c1C(n1cccc1)C1(CCCN(CCCC(=O)c3ccccc3)C1)O2. The van der Waals surface area contributed by atoms with Crippen LogP contribution in [0.5, 0.6) is 5.75 Å². The molecule has 1 fully saturated rings. The van der Waals surface area contributed by atoms with Gasteiger partial charge in [-0.05, 0) is 69.1 Å². The van der Waals surface area contributed by atoms with Crippen LogP contribution >= 0.6 is 15.9 Å². The molecule has 0 amide bonds. The van der Waals surface area contributed by atoms with Gasteiger partial charge in [-0.1, -0.05) is 46.3 Å². The maximum absolute atomic E-state index is 12.5. The van der Waals surface area contributed by atoms with Gasteiger partial charge in [-0.3, -0.25) is 9.69 Å². The number of Topliss-reactive ketones (excluding diaryl/α,β-unsaturated/α-hetero) is 1. The third-order valence-electron chi connectivity index (χ3n) is 6.96. The smallest absolute Gasteiger partial charge is 0.162 e. The van der Waals surface area contributed by atoms with Gasteiger partial charge in [0.2, 0.25) is 0 Å². The predicted octanol–water partition coefficient (Wildman–Crippen LogP) is 6.04. The summed E-state index contributed by atoms with van der Waals surface area (Å²) in [5.74, 6) is 1.23. The summed E-state index contributed by atoms with van der Waals surface area (Å²) in [5, 5.41) is 0. The molecule has 3 aromatic rings. The van der Waals surface area contributed by atoms with Crippen molar-refractivity contribution in [2.75, 3.05) is 19.6 Å². The molecule has 1 aromatic heterocycles. The number of nitrogens with zero attached hydrogens (tertiary/aromatic N) is 2. The molecule has 3 heterocycles. The lowest BCUT2D eigenvalue weighted by Crippen LogP contribution is -2.54. The summed E-state index contributed by atoms with van der Waals surface area (Å²) in [6.45, 7) is 5.03. The van der Waals surface area contributed by atoms with E-state index in [2.05, 4.69) is 69.0 Å². The minimum atomic E-state index is -0.283. The fourth-order valence-electron chi connectivity index (χ4n) is 5.45. The summed E-state index contributed by atoms with van der Waals surface area (Å²) in [6.07, 6.45) is 7.89. The highest BCUT2D eigenvalue weighted by Gasteiger charge is 2.52. The Balaban J connectivity index is 1.34. The Bertz CT molecular complexity index is 1100. The highest BCUT2D eigenvalue weighted by molar-refractivity contribution is 9.10. The molecule has 1 saturated heterocycles. The van der Waals surface area contributed by atoms with Crippen LogP contribution in [-0.2, 0) is 0 Å². The standard InChI is InChI=1S/C27H29BrN2O2/c1-20-22(28)12-13-24-25(20)26(30-17-5-6-18-30)27(32-24)14-8-16-29(19-27)15-7-11-23(31)21-9-3-2-4-10-21/h2-6,9-10,12-13,17-18,26H,7-8,11,14-16,19H2,1H3. The van der Waals surface area contributed by atoms with Gasteiger partial charge >= 0.3 is 0 Å². The molecule has 0 N–H and O–H groups in total. The van der Waals surface area contributed by atoms with Crippen LogP contribution in [0.4, 0.5) is 0 Å². The lowest BCUT2D eigenvalue weighted by Gasteiger charge is -2.43. The summed E-state index contributed by atoms with van der Waals surface area (Å²) < 4.78 is 10.2. The molecule has 0 bridgehead atoms. The summed E-state index contributed by atoms with van der Waals surface area (Å²) in [6, 6.07) is 18.2. The third kappa shape index (κ3) is 3.93. The van der Waals surface area contributed by atoms with Crippen molar-refractivity contribution in [2.24, 2.45) is 0 Å². The first-order valence-electron chi connectivity index (χ1n) is 11.5. The van der Waals surface area contributed by atoms with Crippen molar-refractivity contribution in [2.45, 2.75) is 44.2 Å². The van der Waals surface area contributed by atoms with Gasteiger partial charge in [-0.2, -0.15) is 0 Å². The van der Waals surface area contributed by atoms with Crippen LogP contribution in [0.2, 0.25) is 0 Å². The van der Waals surface area contributed by atoms with Gasteiger partial charge in [0.05, 0.1) is 0 Å². The predicted molar refractivity (Wildman–Crippen MR) is 130 cm³/mol. The van der Waals surface area contributed by atoms with E-state index in [4.69, 9.17) is 4.74 Å². The molecular formula is C27H29BrN2O2. The topological polar surface area (TPSA) is 34.5 Å². The molecule has 2 aliphatic heterocycles. The van der Waals surface area contributed by atoms with E-state index in [1.165, 1.54) is 11.1 Å². The molecule has 5 heteroatoms. The number of ketones is 1. The fraction of sp³-hybridized carbons (Fsp3) is 0.370. The van der Waals surface area contributed by atoms with Gasteiger partial charge in [0.15, 0.2) is 5.78 Å². The molecule has 0 saturated carbocycles. The lowest BCUT2D eigenvalue weighted by atomic mass is 9.82. The number of ether oxygens (including phenoxy) is 1. The Morgan fingerprint density at radius 1 is 1.12 bits per heavy atom. The Morgan fingerprint density at radius 2 is 1.91 bits per heavy atom. The molecule has 166 valence electrons. The number of fused-ring (bicyclic) bond motifs is 1. The zero-order chi connectivity index (χ0) is 22.1. The average Bonchev–Trinajstić information content (AvgIpc) is 3.43. The summed E-state index contributed by atoms with van der Waals surface area (Å²) in [7, 11) is 0. The number of halogens is 1. The zero-order valence-corrected chi connectivity index (χ0v) is 20.1. The number of hydrogen-bond acceptors (Lipinski definition) is 3. The number of piperidine rings is 1. The van der Waals surface area contributed by atoms with Crippen LogP contribution in [0.25, 0.3) is 0 Å². The second-order valence-corrected chi connectivity index (χ2v) is 9.91.